The zero-order valence-electron chi connectivity index (χ0n) is 16.8. The van der Waals surface area contributed by atoms with Gasteiger partial charge in [0.15, 0.2) is 5.92 Å². The molecule has 0 aromatic heterocycles. The Morgan fingerprint density at radius 3 is 2.00 bits per heavy atom. The van der Waals surface area contributed by atoms with Crippen molar-refractivity contribution < 1.29 is 24.2 Å². The van der Waals surface area contributed by atoms with Crippen molar-refractivity contribution >= 4 is 11.9 Å². The van der Waals surface area contributed by atoms with Crippen LogP contribution in [0.2, 0.25) is 0 Å². The van der Waals surface area contributed by atoms with Crippen molar-refractivity contribution in [2.24, 2.45) is 5.92 Å². The maximum absolute atomic E-state index is 11.8. The molecule has 0 rings (SSSR count). The third kappa shape index (κ3) is 13.7. The number of rotatable bonds is 14. The van der Waals surface area contributed by atoms with Crippen LogP contribution in [0.1, 0.15) is 52.9 Å². The van der Waals surface area contributed by atoms with Crippen molar-refractivity contribution in [1.82, 2.24) is 0 Å². The molecule has 5 nitrogen and oxygen atoms in total. The maximum Gasteiger partial charge on any atom is 0.324 e. The highest BCUT2D eigenvalue weighted by Crippen LogP contribution is 2.06. The Balaban J connectivity index is 4.39. The summed E-state index contributed by atoms with van der Waals surface area (Å²) < 4.78 is 9.76. The van der Waals surface area contributed by atoms with E-state index < -0.39 is 24.0 Å². The third-order valence-electron chi connectivity index (χ3n) is 3.57. The fraction of sp³-hybridized carbons (Fsp3) is 0.545. The van der Waals surface area contributed by atoms with Crippen molar-refractivity contribution in [3.63, 3.8) is 0 Å². The lowest BCUT2D eigenvalue weighted by molar-refractivity contribution is -0.158. The number of hydrogen-bond acceptors (Lipinski definition) is 5. The molecule has 0 aliphatic carbocycles. The molecule has 0 aliphatic rings. The molecule has 0 spiro atoms. The van der Waals surface area contributed by atoms with Gasteiger partial charge < -0.3 is 14.6 Å². The number of aliphatic hydroxyl groups is 1. The van der Waals surface area contributed by atoms with Gasteiger partial charge in [0.05, 0.1) is 19.3 Å². The molecule has 1 N–H and O–H groups in total. The van der Waals surface area contributed by atoms with Crippen molar-refractivity contribution in [3.05, 3.63) is 48.6 Å². The molecule has 152 valence electrons. The van der Waals surface area contributed by atoms with Crippen LogP contribution in [0.5, 0.6) is 0 Å². The SMILES string of the molecule is CCCCC/C=C\CC(O)/C=C/C=C/C=C\C(C(=O)OCC)C(=O)OCC. The van der Waals surface area contributed by atoms with E-state index in [1.54, 1.807) is 44.2 Å². The largest absolute Gasteiger partial charge is 0.465 e. The lowest BCUT2D eigenvalue weighted by atomic mass is 10.1. The van der Waals surface area contributed by atoms with Crippen LogP contribution in [-0.2, 0) is 19.1 Å². The van der Waals surface area contributed by atoms with Gasteiger partial charge in [0, 0.05) is 0 Å². The van der Waals surface area contributed by atoms with E-state index >= 15 is 0 Å². The molecule has 0 heterocycles. The van der Waals surface area contributed by atoms with Gasteiger partial charge in [-0.25, -0.2) is 0 Å². The number of carbonyl (C=O) groups excluding carboxylic acids is 2. The normalized spacial score (nSPS) is 13.4. The van der Waals surface area contributed by atoms with Crippen LogP contribution in [0.4, 0.5) is 0 Å². The van der Waals surface area contributed by atoms with Gasteiger partial charge in [-0.3, -0.25) is 9.59 Å². The Bertz CT molecular complexity index is 499. The second kappa shape index (κ2) is 17.3. The van der Waals surface area contributed by atoms with Gasteiger partial charge >= 0.3 is 11.9 Å². The van der Waals surface area contributed by atoms with Gasteiger partial charge in [0.25, 0.3) is 0 Å². The lowest BCUT2D eigenvalue weighted by Gasteiger charge is -2.10. The lowest BCUT2D eigenvalue weighted by Crippen LogP contribution is -2.26. The van der Waals surface area contributed by atoms with Gasteiger partial charge in [-0.15, -0.1) is 0 Å². The molecule has 5 heteroatoms. The summed E-state index contributed by atoms with van der Waals surface area (Å²) >= 11 is 0. The summed E-state index contributed by atoms with van der Waals surface area (Å²) in [5, 5.41) is 9.85. The van der Waals surface area contributed by atoms with Crippen LogP contribution < -0.4 is 0 Å². The Morgan fingerprint density at radius 1 is 0.852 bits per heavy atom. The third-order valence-corrected chi connectivity index (χ3v) is 3.57. The molecule has 1 unspecified atom stereocenters. The van der Waals surface area contributed by atoms with E-state index in [1.807, 2.05) is 6.08 Å². The number of esters is 2. The highest BCUT2D eigenvalue weighted by atomic mass is 16.6. The van der Waals surface area contributed by atoms with E-state index in [0.29, 0.717) is 6.42 Å². The molecule has 0 bridgehead atoms. The van der Waals surface area contributed by atoms with E-state index in [-0.39, 0.29) is 13.2 Å². The summed E-state index contributed by atoms with van der Waals surface area (Å²) in [7, 11) is 0. The molecule has 0 saturated carbocycles. The minimum absolute atomic E-state index is 0.200. The van der Waals surface area contributed by atoms with Gasteiger partial charge in [-0.2, -0.15) is 0 Å². The van der Waals surface area contributed by atoms with E-state index in [4.69, 9.17) is 9.47 Å². The number of carbonyl (C=O) groups is 2. The predicted octanol–water partition coefficient (Wildman–Crippen LogP) is 4.28. The highest BCUT2D eigenvalue weighted by Gasteiger charge is 2.26. The Hall–Kier alpha value is -2.14. The first-order valence-corrected chi connectivity index (χ1v) is 9.74. The fourth-order valence-electron chi connectivity index (χ4n) is 2.16. The monoisotopic (exact) mass is 378 g/mol. The Kier molecular flexibility index (Phi) is 15.9. The van der Waals surface area contributed by atoms with Crippen LogP contribution in [0.25, 0.3) is 0 Å². The molecule has 0 amide bonds. The van der Waals surface area contributed by atoms with Crippen molar-refractivity contribution in [2.45, 2.75) is 59.0 Å². The minimum Gasteiger partial charge on any atom is -0.465 e. The van der Waals surface area contributed by atoms with E-state index in [0.717, 1.165) is 6.42 Å². The van der Waals surface area contributed by atoms with Crippen molar-refractivity contribution in [2.75, 3.05) is 13.2 Å². The molecular formula is C22H34O5. The first-order chi connectivity index (χ1) is 13.1. The molecule has 0 aromatic carbocycles. The Morgan fingerprint density at radius 2 is 1.44 bits per heavy atom. The van der Waals surface area contributed by atoms with Crippen LogP contribution in [0.15, 0.2) is 48.6 Å². The van der Waals surface area contributed by atoms with E-state index in [9.17, 15) is 14.7 Å². The zero-order chi connectivity index (χ0) is 20.3. The highest BCUT2D eigenvalue weighted by molar-refractivity contribution is 5.97. The van der Waals surface area contributed by atoms with Crippen LogP contribution >= 0.6 is 0 Å². The average molecular weight is 379 g/mol. The predicted molar refractivity (Wildman–Crippen MR) is 108 cm³/mol. The molecule has 0 aliphatic heterocycles. The molecule has 0 fully saturated rings. The summed E-state index contributed by atoms with van der Waals surface area (Å²) in [4.78, 5) is 23.6. The minimum atomic E-state index is -1.07. The second-order valence-corrected chi connectivity index (χ2v) is 5.91. The summed E-state index contributed by atoms with van der Waals surface area (Å²) in [5.74, 6) is -2.32. The first-order valence-electron chi connectivity index (χ1n) is 9.74. The summed E-state index contributed by atoms with van der Waals surface area (Å²) in [6.45, 7) is 5.94. The summed E-state index contributed by atoms with van der Waals surface area (Å²) in [6, 6.07) is 0. The summed E-state index contributed by atoms with van der Waals surface area (Å²) in [5.41, 5.74) is 0. The number of hydrogen-bond donors (Lipinski definition) is 1. The van der Waals surface area contributed by atoms with Gasteiger partial charge in [0.2, 0.25) is 0 Å². The molecule has 1 atom stereocenters. The Labute approximate surface area is 163 Å². The van der Waals surface area contributed by atoms with Crippen molar-refractivity contribution in [1.29, 1.82) is 0 Å². The standard InChI is InChI=1S/C22H34O5/c1-4-7-8-9-10-13-16-19(23)17-14-11-12-15-18-20(21(24)26-5-2)22(25)27-6-3/h10-15,17-20,23H,4-9,16H2,1-3H3/b12-11+,13-10-,17-14+,18-15-. The first kappa shape index (κ1) is 24.9. The number of ether oxygens (including phenoxy) is 2. The average Bonchev–Trinajstić information content (AvgIpc) is 2.64. The molecule has 27 heavy (non-hydrogen) atoms. The van der Waals surface area contributed by atoms with E-state index in [2.05, 4.69) is 13.0 Å². The maximum atomic E-state index is 11.8. The molecule has 0 aromatic rings. The summed E-state index contributed by atoms with van der Waals surface area (Å²) in [6.07, 6.45) is 18.7. The van der Waals surface area contributed by atoms with Crippen LogP contribution in [0, 0.1) is 5.92 Å². The van der Waals surface area contributed by atoms with Gasteiger partial charge in [0.1, 0.15) is 0 Å². The number of aliphatic hydroxyl groups excluding tert-OH is 1. The van der Waals surface area contributed by atoms with Gasteiger partial charge in [-0.05, 0) is 33.1 Å². The second-order valence-electron chi connectivity index (χ2n) is 5.91. The van der Waals surface area contributed by atoms with E-state index in [1.165, 1.54) is 25.3 Å². The van der Waals surface area contributed by atoms with Crippen LogP contribution in [0.3, 0.4) is 0 Å². The quantitative estimate of drug-likeness (QED) is 0.160. The van der Waals surface area contributed by atoms with Crippen molar-refractivity contribution in [3.8, 4) is 0 Å². The zero-order valence-corrected chi connectivity index (χ0v) is 16.8. The molecular weight excluding hydrogens is 344 g/mol. The smallest absolute Gasteiger partial charge is 0.324 e. The molecule has 0 saturated heterocycles. The van der Waals surface area contributed by atoms with Gasteiger partial charge in [-0.1, -0.05) is 68.4 Å². The molecule has 0 radical (unpaired) electrons. The number of unbranched alkanes of at least 4 members (excludes halogenated alkanes) is 3. The fourth-order valence-corrected chi connectivity index (χ4v) is 2.16. The topological polar surface area (TPSA) is 72.8 Å². The number of allylic oxidation sites excluding steroid dienone is 5. The van der Waals surface area contributed by atoms with Crippen LogP contribution in [-0.4, -0.2) is 36.4 Å².